The summed E-state index contributed by atoms with van der Waals surface area (Å²) in [5.41, 5.74) is 9.00. The fraction of sp³-hybridized carbons (Fsp3) is 0.188. The molecule has 20 heavy (non-hydrogen) atoms. The third-order valence-electron chi connectivity index (χ3n) is 3.23. The van der Waals surface area contributed by atoms with Gasteiger partial charge in [-0.05, 0) is 30.2 Å². The van der Waals surface area contributed by atoms with Crippen molar-refractivity contribution in [3.05, 3.63) is 63.6 Å². The van der Waals surface area contributed by atoms with Crippen LogP contribution >= 0.6 is 15.9 Å². The van der Waals surface area contributed by atoms with E-state index in [-0.39, 0.29) is 5.91 Å². The predicted octanol–water partition coefficient (Wildman–Crippen LogP) is 3.61. The quantitative estimate of drug-likeness (QED) is 0.872. The number of benzene rings is 2. The minimum atomic E-state index is -0.0589. The van der Waals surface area contributed by atoms with Crippen molar-refractivity contribution in [1.29, 1.82) is 0 Å². The molecule has 0 aliphatic carbocycles. The van der Waals surface area contributed by atoms with Crippen molar-refractivity contribution in [3.8, 4) is 0 Å². The Hall–Kier alpha value is -1.81. The summed E-state index contributed by atoms with van der Waals surface area (Å²) in [6.45, 7) is 2.43. The molecular formula is C16H17BrN2O. The number of nitrogens with two attached hydrogens (primary N) is 1. The van der Waals surface area contributed by atoms with E-state index in [1.165, 1.54) is 0 Å². The number of anilines is 1. The van der Waals surface area contributed by atoms with Gasteiger partial charge >= 0.3 is 0 Å². The molecule has 0 spiro atoms. The van der Waals surface area contributed by atoms with E-state index in [1.807, 2.05) is 43.3 Å². The normalized spacial score (nSPS) is 10.3. The third-order valence-corrected chi connectivity index (χ3v) is 4.00. The zero-order valence-corrected chi connectivity index (χ0v) is 13.1. The van der Waals surface area contributed by atoms with Crippen LogP contribution in [0.3, 0.4) is 0 Å². The summed E-state index contributed by atoms with van der Waals surface area (Å²) in [6.07, 6.45) is 0. The molecule has 0 bridgehead atoms. The lowest BCUT2D eigenvalue weighted by molar-refractivity contribution is 0.0785. The number of hydrogen-bond donors (Lipinski definition) is 1. The van der Waals surface area contributed by atoms with Gasteiger partial charge in [-0.15, -0.1) is 0 Å². The standard InChI is InChI=1S/C16H17BrN2O/c1-11-6-5-9-14(18)15(11)16(20)19(2)10-12-7-3-4-8-13(12)17/h3-9H,10,18H2,1-2H3. The first-order chi connectivity index (χ1) is 9.50. The molecule has 0 radical (unpaired) electrons. The first-order valence-corrected chi connectivity index (χ1v) is 7.14. The Morgan fingerprint density at radius 2 is 1.90 bits per heavy atom. The highest BCUT2D eigenvalue weighted by atomic mass is 79.9. The number of carbonyl (C=O) groups is 1. The van der Waals surface area contributed by atoms with Crippen LogP contribution in [-0.4, -0.2) is 17.9 Å². The Kier molecular flexibility index (Phi) is 4.45. The van der Waals surface area contributed by atoms with Crippen molar-refractivity contribution in [3.63, 3.8) is 0 Å². The van der Waals surface area contributed by atoms with Crippen LogP contribution in [0.5, 0.6) is 0 Å². The summed E-state index contributed by atoms with van der Waals surface area (Å²) in [7, 11) is 1.79. The number of rotatable bonds is 3. The van der Waals surface area contributed by atoms with Crippen LogP contribution in [0.2, 0.25) is 0 Å². The fourth-order valence-electron chi connectivity index (χ4n) is 2.13. The summed E-state index contributed by atoms with van der Waals surface area (Å²) in [4.78, 5) is 14.2. The Morgan fingerprint density at radius 1 is 1.20 bits per heavy atom. The molecule has 0 saturated heterocycles. The Morgan fingerprint density at radius 3 is 2.55 bits per heavy atom. The van der Waals surface area contributed by atoms with Crippen LogP contribution in [0.1, 0.15) is 21.5 Å². The van der Waals surface area contributed by atoms with E-state index >= 15 is 0 Å². The summed E-state index contributed by atoms with van der Waals surface area (Å²) in [5.74, 6) is -0.0589. The molecule has 0 saturated carbocycles. The maximum atomic E-state index is 12.5. The molecule has 2 rings (SSSR count). The van der Waals surface area contributed by atoms with E-state index in [0.717, 1.165) is 15.6 Å². The lowest BCUT2D eigenvalue weighted by atomic mass is 10.1. The average molecular weight is 333 g/mol. The van der Waals surface area contributed by atoms with Gasteiger partial charge in [-0.1, -0.05) is 46.3 Å². The van der Waals surface area contributed by atoms with E-state index in [0.29, 0.717) is 17.8 Å². The van der Waals surface area contributed by atoms with Gasteiger partial charge in [0.25, 0.3) is 5.91 Å². The molecular weight excluding hydrogens is 316 g/mol. The molecule has 2 aromatic carbocycles. The lowest BCUT2D eigenvalue weighted by Gasteiger charge is -2.20. The van der Waals surface area contributed by atoms with E-state index in [9.17, 15) is 4.79 Å². The molecule has 0 atom stereocenters. The van der Waals surface area contributed by atoms with Crippen molar-refractivity contribution in [2.24, 2.45) is 0 Å². The Bertz CT molecular complexity index is 620. The van der Waals surface area contributed by atoms with Gasteiger partial charge in [0.15, 0.2) is 0 Å². The highest BCUT2D eigenvalue weighted by molar-refractivity contribution is 9.10. The van der Waals surface area contributed by atoms with Gasteiger partial charge in [0.05, 0.1) is 5.56 Å². The highest BCUT2D eigenvalue weighted by Gasteiger charge is 2.17. The molecule has 104 valence electrons. The topological polar surface area (TPSA) is 46.3 Å². The number of carbonyl (C=O) groups excluding carboxylic acids is 1. The second-order valence-electron chi connectivity index (χ2n) is 4.79. The number of nitrogens with zero attached hydrogens (tertiary/aromatic N) is 1. The number of aryl methyl sites for hydroxylation is 1. The van der Waals surface area contributed by atoms with Crippen LogP contribution in [0, 0.1) is 6.92 Å². The molecule has 0 aromatic heterocycles. The number of halogens is 1. The van der Waals surface area contributed by atoms with Gasteiger partial charge < -0.3 is 10.6 Å². The summed E-state index contributed by atoms with van der Waals surface area (Å²) in [6, 6.07) is 13.4. The van der Waals surface area contributed by atoms with Crippen LogP contribution < -0.4 is 5.73 Å². The van der Waals surface area contributed by atoms with Crippen LogP contribution in [0.4, 0.5) is 5.69 Å². The molecule has 0 heterocycles. The maximum absolute atomic E-state index is 12.5. The maximum Gasteiger partial charge on any atom is 0.256 e. The molecule has 4 heteroatoms. The van der Waals surface area contributed by atoms with Crippen molar-refractivity contribution < 1.29 is 4.79 Å². The van der Waals surface area contributed by atoms with E-state index in [1.54, 1.807) is 18.0 Å². The molecule has 0 fully saturated rings. The minimum absolute atomic E-state index is 0.0589. The smallest absolute Gasteiger partial charge is 0.256 e. The van der Waals surface area contributed by atoms with Crippen molar-refractivity contribution in [2.45, 2.75) is 13.5 Å². The second kappa shape index (κ2) is 6.09. The molecule has 1 amide bonds. The molecule has 2 aromatic rings. The van der Waals surface area contributed by atoms with Gasteiger partial charge in [-0.25, -0.2) is 0 Å². The lowest BCUT2D eigenvalue weighted by Crippen LogP contribution is -2.27. The van der Waals surface area contributed by atoms with Crippen LogP contribution in [0.25, 0.3) is 0 Å². The van der Waals surface area contributed by atoms with Crippen molar-refractivity contribution >= 4 is 27.5 Å². The Balaban J connectivity index is 2.24. The number of amides is 1. The monoisotopic (exact) mass is 332 g/mol. The minimum Gasteiger partial charge on any atom is -0.398 e. The van der Waals surface area contributed by atoms with Crippen LogP contribution in [0.15, 0.2) is 46.9 Å². The zero-order valence-electron chi connectivity index (χ0n) is 11.6. The van der Waals surface area contributed by atoms with Gasteiger partial charge in [0, 0.05) is 23.8 Å². The number of nitrogen functional groups attached to an aromatic ring is 1. The molecule has 3 nitrogen and oxygen atoms in total. The van der Waals surface area contributed by atoms with E-state index in [4.69, 9.17) is 5.73 Å². The van der Waals surface area contributed by atoms with E-state index in [2.05, 4.69) is 15.9 Å². The molecule has 0 aliphatic heterocycles. The second-order valence-corrected chi connectivity index (χ2v) is 5.65. The average Bonchev–Trinajstić information content (AvgIpc) is 2.41. The SMILES string of the molecule is Cc1cccc(N)c1C(=O)N(C)Cc1ccccc1Br. The van der Waals surface area contributed by atoms with Crippen LogP contribution in [-0.2, 0) is 6.54 Å². The first-order valence-electron chi connectivity index (χ1n) is 6.34. The van der Waals surface area contributed by atoms with E-state index < -0.39 is 0 Å². The third kappa shape index (κ3) is 3.02. The molecule has 0 aliphatic rings. The van der Waals surface area contributed by atoms with Gasteiger partial charge in [-0.3, -0.25) is 4.79 Å². The zero-order chi connectivity index (χ0) is 14.7. The summed E-state index contributed by atoms with van der Waals surface area (Å²) >= 11 is 3.50. The van der Waals surface area contributed by atoms with Crippen molar-refractivity contribution in [1.82, 2.24) is 4.90 Å². The predicted molar refractivity (Wildman–Crippen MR) is 85.5 cm³/mol. The van der Waals surface area contributed by atoms with Gasteiger partial charge in [-0.2, -0.15) is 0 Å². The summed E-state index contributed by atoms with van der Waals surface area (Å²) in [5, 5.41) is 0. The summed E-state index contributed by atoms with van der Waals surface area (Å²) < 4.78 is 0.998. The number of hydrogen-bond acceptors (Lipinski definition) is 2. The molecule has 2 N–H and O–H groups in total. The van der Waals surface area contributed by atoms with Gasteiger partial charge in [0.1, 0.15) is 0 Å². The van der Waals surface area contributed by atoms with Crippen molar-refractivity contribution in [2.75, 3.05) is 12.8 Å². The van der Waals surface area contributed by atoms with Gasteiger partial charge in [0.2, 0.25) is 0 Å². The fourth-order valence-corrected chi connectivity index (χ4v) is 2.54. The molecule has 0 unspecified atom stereocenters. The first kappa shape index (κ1) is 14.6. The largest absolute Gasteiger partial charge is 0.398 e. The Labute approximate surface area is 127 Å². The highest BCUT2D eigenvalue weighted by Crippen LogP contribution is 2.21.